The van der Waals surface area contributed by atoms with Crippen LogP contribution in [-0.4, -0.2) is 0 Å². The van der Waals surface area contributed by atoms with Gasteiger partial charge in [0.2, 0.25) is 0 Å². The number of rotatable bonds is 6. The quantitative estimate of drug-likeness (QED) is 0.586. The molecule has 3 rings (SSSR count). The first-order valence-electron chi connectivity index (χ1n) is 9.51. The first kappa shape index (κ1) is 17.7. The minimum absolute atomic E-state index is 0.171. The normalized spacial score (nSPS) is 16.3. The Labute approximate surface area is 150 Å². The van der Waals surface area contributed by atoms with E-state index in [-0.39, 0.29) is 11.4 Å². The van der Waals surface area contributed by atoms with Crippen LogP contribution in [0.3, 0.4) is 0 Å². The highest BCUT2D eigenvalue weighted by Gasteiger charge is 2.22. The summed E-state index contributed by atoms with van der Waals surface area (Å²) in [6, 6.07) is 14.3. The molecule has 0 amide bonds. The number of halogens is 1. The largest absolute Gasteiger partial charge is 0.206 e. The van der Waals surface area contributed by atoms with Crippen molar-refractivity contribution in [2.24, 2.45) is 0 Å². The summed E-state index contributed by atoms with van der Waals surface area (Å²) in [5.74, 6) is 0.0679. The Kier molecular flexibility index (Phi) is 5.87. The van der Waals surface area contributed by atoms with Gasteiger partial charge in [0.15, 0.2) is 0 Å². The fraction of sp³-hybridized carbons (Fsp3) is 0.435. The highest BCUT2D eigenvalue weighted by atomic mass is 19.1. The molecule has 0 heterocycles. The minimum Gasteiger partial charge on any atom is -0.206 e. The second-order valence-corrected chi connectivity index (χ2v) is 7.20. The van der Waals surface area contributed by atoms with E-state index in [4.69, 9.17) is 5.26 Å². The zero-order valence-corrected chi connectivity index (χ0v) is 15.0. The van der Waals surface area contributed by atoms with Gasteiger partial charge in [-0.2, -0.15) is 5.26 Å². The predicted molar refractivity (Wildman–Crippen MR) is 100 cm³/mol. The molecule has 0 saturated carbocycles. The van der Waals surface area contributed by atoms with E-state index < -0.39 is 0 Å². The van der Waals surface area contributed by atoms with Crippen LogP contribution in [0, 0.1) is 17.1 Å². The van der Waals surface area contributed by atoms with E-state index in [9.17, 15) is 4.39 Å². The van der Waals surface area contributed by atoms with Gasteiger partial charge in [-0.3, -0.25) is 0 Å². The summed E-state index contributed by atoms with van der Waals surface area (Å²) in [7, 11) is 0. The highest BCUT2D eigenvalue weighted by molar-refractivity contribution is 5.42. The van der Waals surface area contributed by atoms with E-state index in [0.29, 0.717) is 5.92 Å². The fourth-order valence-electron chi connectivity index (χ4n) is 3.86. The van der Waals surface area contributed by atoms with Crippen LogP contribution in [0.15, 0.2) is 36.4 Å². The van der Waals surface area contributed by atoms with E-state index in [1.54, 1.807) is 12.1 Å². The van der Waals surface area contributed by atoms with Crippen molar-refractivity contribution in [1.29, 1.82) is 5.26 Å². The van der Waals surface area contributed by atoms with Crippen molar-refractivity contribution in [3.05, 3.63) is 70.0 Å². The summed E-state index contributed by atoms with van der Waals surface area (Å²) < 4.78 is 13.9. The van der Waals surface area contributed by atoms with Crippen molar-refractivity contribution < 1.29 is 4.39 Å². The van der Waals surface area contributed by atoms with Gasteiger partial charge >= 0.3 is 0 Å². The summed E-state index contributed by atoms with van der Waals surface area (Å²) in [6.45, 7) is 2.24. The Morgan fingerprint density at radius 1 is 1.08 bits per heavy atom. The zero-order valence-electron chi connectivity index (χ0n) is 15.0. The van der Waals surface area contributed by atoms with E-state index >= 15 is 0 Å². The molecule has 0 fully saturated rings. The maximum atomic E-state index is 13.9. The van der Waals surface area contributed by atoms with Crippen LogP contribution in [0.2, 0.25) is 0 Å². The van der Waals surface area contributed by atoms with Crippen molar-refractivity contribution in [2.75, 3.05) is 0 Å². The van der Waals surface area contributed by atoms with Crippen LogP contribution in [0.5, 0.6) is 0 Å². The Morgan fingerprint density at radius 2 is 1.88 bits per heavy atom. The zero-order chi connectivity index (χ0) is 17.6. The van der Waals surface area contributed by atoms with Crippen molar-refractivity contribution in [3.63, 3.8) is 0 Å². The molecule has 130 valence electrons. The lowest BCUT2D eigenvalue weighted by atomic mass is 9.79. The van der Waals surface area contributed by atoms with Crippen LogP contribution in [0.25, 0.3) is 0 Å². The molecule has 0 bridgehead atoms. The third-order valence-electron chi connectivity index (χ3n) is 5.41. The molecule has 0 saturated heterocycles. The number of benzene rings is 2. The summed E-state index contributed by atoms with van der Waals surface area (Å²) in [6.07, 6.45) is 9.21. The van der Waals surface area contributed by atoms with E-state index in [0.717, 1.165) is 36.8 Å². The van der Waals surface area contributed by atoms with Gasteiger partial charge in [-0.1, -0.05) is 50.5 Å². The number of unbranched alkanes of at least 4 members (excludes halogenated alkanes) is 3. The minimum atomic E-state index is -0.385. The van der Waals surface area contributed by atoms with Gasteiger partial charge in [0.25, 0.3) is 0 Å². The first-order chi connectivity index (χ1) is 12.2. The second kappa shape index (κ2) is 8.30. The van der Waals surface area contributed by atoms with Crippen molar-refractivity contribution in [2.45, 2.75) is 64.2 Å². The topological polar surface area (TPSA) is 23.8 Å². The average molecular weight is 335 g/mol. The lowest BCUT2D eigenvalue weighted by molar-refractivity contribution is 0.570. The van der Waals surface area contributed by atoms with Gasteiger partial charge in [0, 0.05) is 0 Å². The lowest BCUT2D eigenvalue weighted by Gasteiger charge is -2.25. The van der Waals surface area contributed by atoms with Crippen LogP contribution in [0.4, 0.5) is 4.39 Å². The molecule has 1 unspecified atom stereocenters. The molecular weight excluding hydrogens is 309 g/mol. The average Bonchev–Trinajstić information content (AvgIpc) is 2.65. The first-order valence-corrected chi connectivity index (χ1v) is 9.51. The molecule has 0 radical (unpaired) electrons. The predicted octanol–water partition coefficient (Wildman–Crippen LogP) is 6.09. The summed E-state index contributed by atoms with van der Waals surface area (Å²) >= 11 is 0. The number of nitrogens with zero attached hydrogens (tertiary/aromatic N) is 1. The molecule has 0 N–H and O–H groups in total. The van der Waals surface area contributed by atoms with Crippen molar-refractivity contribution in [1.82, 2.24) is 0 Å². The molecule has 1 aliphatic carbocycles. The van der Waals surface area contributed by atoms with Crippen molar-refractivity contribution in [3.8, 4) is 6.07 Å². The van der Waals surface area contributed by atoms with E-state index in [1.165, 1.54) is 36.8 Å². The Hall–Kier alpha value is -2.14. The van der Waals surface area contributed by atoms with Gasteiger partial charge < -0.3 is 0 Å². The van der Waals surface area contributed by atoms with E-state index in [1.807, 2.05) is 6.07 Å². The molecular formula is C23H26FN. The number of aryl methyl sites for hydroxylation is 2. The summed E-state index contributed by atoms with van der Waals surface area (Å²) in [5.41, 5.74) is 5.15. The Morgan fingerprint density at radius 3 is 2.60 bits per heavy atom. The molecule has 0 aromatic heterocycles. The number of hydrogen-bond acceptors (Lipinski definition) is 1. The Balaban J connectivity index is 1.65. The third-order valence-corrected chi connectivity index (χ3v) is 5.41. The van der Waals surface area contributed by atoms with E-state index in [2.05, 4.69) is 31.2 Å². The molecule has 2 aromatic carbocycles. The van der Waals surface area contributed by atoms with Gasteiger partial charge in [-0.15, -0.1) is 0 Å². The van der Waals surface area contributed by atoms with Gasteiger partial charge in [-0.05, 0) is 72.4 Å². The third kappa shape index (κ3) is 4.28. The van der Waals surface area contributed by atoms with Crippen LogP contribution < -0.4 is 0 Å². The summed E-state index contributed by atoms with van der Waals surface area (Å²) in [5, 5.41) is 8.98. The molecule has 0 aliphatic heterocycles. The van der Waals surface area contributed by atoms with Crippen LogP contribution >= 0.6 is 0 Å². The van der Waals surface area contributed by atoms with Gasteiger partial charge in [-0.25, -0.2) is 4.39 Å². The SMILES string of the molecule is CCCCCCc1ccc(C2CCc3cc(C#N)c(F)cc3C2)cc1. The lowest BCUT2D eigenvalue weighted by Crippen LogP contribution is -2.13. The number of fused-ring (bicyclic) bond motifs is 1. The smallest absolute Gasteiger partial charge is 0.141 e. The molecule has 0 spiro atoms. The van der Waals surface area contributed by atoms with Gasteiger partial charge in [0.05, 0.1) is 5.56 Å². The molecule has 2 aromatic rings. The molecule has 1 atom stereocenters. The molecule has 2 heteroatoms. The fourth-order valence-corrected chi connectivity index (χ4v) is 3.86. The number of hydrogen-bond donors (Lipinski definition) is 0. The summed E-state index contributed by atoms with van der Waals surface area (Å²) in [4.78, 5) is 0. The maximum Gasteiger partial charge on any atom is 0.141 e. The molecule has 1 aliphatic rings. The number of nitriles is 1. The maximum absolute atomic E-state index is 13.9. The Bertz CT molecular complexity index is 755. The van der Waals surface area contributed by atoms with Crippen molar-refractivity contribution >= 4 is 0 Å². The molecule has 1 nitrogen and oxygen atoms in total. The molecule has 25 heavy (non-hydrogen) atoms. The van der Waals surface area contributed by atoms with Crippen LogP contribution in [-0.2, 0) is 19.3 Å². The van der Waals surface area contributed by atoms with Gasteiger partial charge in [0.1, 0.15) is 11.9 Å². The monoisotopic (exact) mass is 335 g/mol. The highest BCUT2D eigenvalue weighted by Crippen LogP contribution is 2.34. The standard InChI is InChI=1S/C23H26FN/c1-2-3-4-5-6-17-7-9-18(10-8-17)19-11-12-20-14-22(16-25)23(24)15-21(20)13-19/h7-10,14-15,19H,2-6,11-13H2,1H3. The van der Waals surface area contributed by atoms with Crippen LogP contribution in [0.1, 0.15) is 72.8 Å². The second-order valence-electron chi connectivity index (χ2n) is 7.20.